The summed E-state index contributed by atoms with van der Waals surface area (Å²) in [6, 6.07) is 2.10. The summed E-state index contributed by atoms with van der Waals surface area (Å²) in [6.45, 7) is 3.14. The Bertz CT molecular complexity index is 441. The Morgan fingerprint density at radius 1 is 1.42 bits per heavy atom. The Kier molecular flexibility index (Phi) is 5.91. The second-order valence-corrected chi connectivity index (χ2v) is 6.18. The number of thiophene rings is 1. The SMILES string of the molecule is CC1CCCCC1OCc1cc(C#CCCO)cs1. The monoisotopic (exact) mass is 278 g/mol. The first-order valence-corrected chi connectivity index (χ1v) is 7.96. The zero-order valence-corrected chi connectivity index (χ0v) is 12.3. The lowest BCUT2D eigenvalue weighted by atomic mass is 9.88. The summed E-state index contributed by atoms with van der Waals surface area (Å²) in [4.78, 5) is 1.24. The first-order chi connectivity index (χ1) is 9.29. The van der Waals surface area contributed by atoms with Crippen LogP contribution < -0.4 is 0 Å². The van der Waals surface area contributed by atoms with Gasteiger partial charge in [0, 0.05) is 22.2 Å². The van der Waals surface area contributed by atoms with Crippen molar-refractivity contribution in [1.82, 2.24) is 0 Å². The summed E-state index contributed by atoms with van der Waals surface area (Å²) in [6.07, 6.45) is 6.13. The summed E-state index contributed by atoms with van der Waals surface area (Å²) < 4.78 is 6.04. The quantitative estimate of drug-likeness (QED) is 0.853. The molecule has 19 heavy (non-hydrogen) atoms. The third-order valence-electron chi connectivity index (χ3n) is 3.60. The van der Waals surface area contributed by atoms with Gasteiger partial charge in [-0.1, -0.05) is 31.6 Å². The third-order valence-corrected chi connectivity index (χ3v) is 4.51. The van der Waals surface area contributed by atoms with Gasteiger partial charge in [0.2, 0.25) is 0 Å². The second kappa shape index (κ2) is 7.69. The second-order valence-electron chi connectivity index (χ2n) is 5.19. The van der Waals surface area contributed by atoms with E-state index in [0.717, 1.165) is 5.56 Å². The van der Waals surface area contributed by atoms with Gasteiger partial charge in [-0.2, -0.15) is 0 Å². The molecule has 104 valence electrons. The lowest BCUT2D eigenvalue weighted by Gasteiger charge is -2.28. The fraction of sp³-hybridized carbons (Fsp3) is 0.625. The van der Waals surface area contributed by atoms with Gasteiger partial charge >= 0.3 is 0 Å². The first-order valence-electron chi connectivity index (χ1n) is 7.08. The fourth-order valence-corrected chi connectivity index (χ4v) is 3.20. The predicted octanol–water partition coefficient (Wildman–Crippen LogP) is 3.58. The smallest absolute Gasteiger partial charge is 0.0813 e. The molecule has 2 unspecified atom stereocenters. The zero-order valence-electron chi connectivity index (χ0n) is 11.5. The molecular formula is C16H22O2S. The number of rotatable bonds is 4. The highest BCUT2D eigenvalue weighted by Crippen LogP contribution is 2.27. The molecule has 0 aromatic carbocycles. The highest BCUT2D eigenvalue weighted by atomic mass is 32.1. The molecule has 0 radical (unpaired) electrons. The molecule has 1 aromatic heterocycles. The molecule has 1 aliphatic carbocycles. The van der Waals surface area contributed by atoms with Gasteiger partial charge in [0.1, 0.15) is 0 Å². The minimum atomic E-state index is 0.132. The Labute approximate surface area is 119 Å². The van der Waals surface area contributed by atoms with Crippen LogP contribution in [0.2, 0.25) is 0 Å². The van der Waals surface area contributed by atoms with Crippen molar-refractivity contribution in [3.8, 4) is 11.8 Å². The topological polar surface area (TPSA) is 29.5 Å². The van der Waals surface area contributed by atoms with Crippen LogP contribution in [0.1, 0.15) is 49.5 Å². The number of ether oxygens (including phenoxy) is 1. The van der Waals surface area contributed by atoms with Crippen molar-refractivity contribution in [2.24, 2.45) is 5.92 Å². The molecule has 1 N–H and O–H groups in total. The van der Waals surface area contributed by atoms with E-state index in [2.05, 4.69) is 30.2 Å². The van der Waals surface area contributed by atoms with Crippen LogP contribution in [-0.2, 0) is 11.3 Å². The van der Waals surface area contributed by atoms with Crippen LogP contribution in [0.25, 0.3) is 0 Å². The molecule has 0 aliphatic heterocycles. The largest absolute Gasteiger partial charge is 0.395 e. The van der Waals surface area contributed by atoms with Gasteiger partial charge in [-0.3, -0.25) is 0 Å². The zero-order chi connectivity index (χ0) is 13.5. The van der Waals surface area contributed by atoms with Gasteiger partial charge < -0.3 is 9.84 Å². The summed E-state index contributed by atoms with van der Waals surface area (Å²) in [5.41, 5.74) is 1.04. The Hall–Kier alpha value is -0.820. The van der Waals surface area contributed by atoms with Crippen LogP contribution in [0.3, 0.4) is 0 Å². The van der Waals surface area contributed by atoms with E-state index < -0.39 is 0 Å². The highest BCUT2D eigenvalue weighted by Gasteiger charge is 2.21. The molecule has 0 saturated heterocycles. The van der Waals surface area contributed by atoms with Gasteiger partial charge in [0.15, 0.2) is 0 Å². The molecule has 1 heterocycles. The molecule has 0 amide bonds. The van der Waals surface area contributed by atoms with E-state index in [-0.39, 0.29) is 6.61 Å². The standard InChI is InChI=1S/C16H22O2S/c1-13-6-2-3-8-16(13)18-11-15-10-14(12-19-15)7-4-5-9-17/h10,12-13,16-17H,2-3,5-6,8-9,11H2,1H3. The summed E-state index contributed by atoms with van der Waals surface area (Å²) >= 11 is 1.71. The van der Waals surface area contributed by atoms with Gasteiger partial charge in [-0.05, 0) is 24.8 Å². The maximum atomic E-state index is 8.68. The third kappa shape index (κ3) is 4.65. The van der Waals surface area contributed by atoms with Crippen LogP contribution in [0, 0.1) is 17.8 Å². The molecule has 2 nitrogen and oxygen atoms in total. The molecule has 0 bridgehead atoms. The number of hydrogen-bond acceptors (Lipinski definition) is 3. The molecule has 3 heteroatoms. The van der Waals surface area contributed by atoms with Crippen molar-refractivity contribution < 1.29 is 9.84 Å². The first kappa shape index (κ1) is 14.6. The minimum absolute atomic E-state index is 0.132. The number of aliphatic hydroxyl groups is 1. The summed E-state index contributed by atoms with van der Waals surface area (Å²) in [5, 5.41) is 10.7. The molecule has 0 spiro atoms. The van der Waals surface area contributed by atoms with Crippen molar-refractivity contribution in [1.29, 1.82) is 0 Å². The molecular weight excluding hydrogens is 256 g/mol. The molecule has 1 saturated carbocycles. The summed E-state index contributed by atoms with van der Waals surface area (Å²) in [7, 11) is 0. The number of aliphatic hydroxyl groups excluding tert-OH is 1. The normalized spacial score (nSPS) is 22.8. The van der Waals surface area contributed by atoms with Gasteiger partial charge in [-0.25, -0.2) is 0 Å². The van der Waals surface area contributed by atoms with E-state index in [1.807, 2.05) is 0 Å². The van der Waals surface area contributed by atoms with Gasteiger partial charge in [0.05, 0.1) is 19.3 Å². The Morgan fingerprint density at radius 3 is 3.05 bits per heavy atom. The van der Waals surface area contributed by atoms with Crippen molar-refractivity contribution in [2.45, 2.75) is 51.7 Å². The maximum Gasteiger partial charge on any atom is 0.0813 e. The lowest BCUT2D eigenvalue weighted by Crippen LogP contribution is -2.25. The maximum absolute atomic E-state index is 8.68. The average molecular weight is 278 g/mol. The Morgan fingerprint density at radius 2 is 2.26 bits per heavy atom. The van der Waals surface area contributed by atoms with Crippen LogP contribution in [-0.4, -0.2) is 17.8 Å². The highest BCUT2D eigenvalue weighted by molar-refractivity contribution is 7.10. The van der Waals surface area contributed by atoms with Gasteiger partial charge in [-0.15, -0.1) is 11.3 Å². The van der Waals surface area contributed by atoms with E-state index in [1.165, 1.54) is 30.6 Å². The van der Waals surface area contributed by atoms with Crippen molar-refractivity contribution in [3.05, 3.63) is 21.9 Å². The molecule has 2 rings (SSSR count). The van der Waals surface area contributed by atoms with E-state index in [0.29, 0.717) is 25.0 Å². The van der Waals surface area contributed by atoms with E-state index in [1.54, 1.807) is 11.3 Å². The van der Waals surface area contributed by atoms with E-state index in [9.17, 15) is 0 Å². The van der Waals surface area contributed by atoms with Crippen molar-refractivity contribution in [3.63, 3.8) is 0 Å². The Balaban J connectivity index is 1.81. The van der Waals surface area contributed by atoms with Gasteiger partial charge in [0.25, 0.3) is 0 Å². The fourth-order valence-electron chi connectivity index (χ4n) is 2.46. The van der Waals surface area contributed by atoms with Crippen LogP contribution in [0.5, 0.6) is 0 Å². The van der Waals surface area contributed by atoms with E-state index in [4.69, 9.17) is 9.84 Å². The molecule has 1 aliphatic rings. The molecule has 1 aromatic rings. The average Bonchev–Trinajstić information content (AvgIpc) is 2.86. The van der Waals surface area contributed by atoms with E-state index >= 15 is 0 Å². The molecule has 1 fully saturated rings. The van der Waals surface area contributed by atoms with Crippen molar-refractivity contribution in [2.75, 3.05) is 6.61 Å². The van der Waals surface area contributed by atoms with Crippen LogP contribution >= 0.6 is 11.3 Å². The number of hydrogen-bond donors (Lipinski definition) is 1. The molecule has 2 atom stereocenters. The van der Waals surface area contributed by atoms with Crippen LogP contribution in [0.4, 0.5) is 0 Å². The lowest BCUT2D eigenvalue weighted by molar-refractivity contribution is -0.0143. The van der Waals surface area contributed by atoms with Crippen LogP contribution in [0.15, 0.2) is 11.4 Å². The van der Waals surface area contributed by atoms with Crippen molar-refractivity contribution >= 4 is 11.3 Å². The minimum Gasteiger partial charge on any atom is -0.395 e. The predicted molar refractivity (Wildman–Crippen MR) is 79.1 cm³/mol. The summed E-state index contributed by atoms with van der Waals surface area (Å²) in [5.74, 6) is 6.69.